The van der Waals surface area contributed by atoms with Crippen molar-refractivity contribution in [1.82, 2.24) is 0 Å². The Kier molecular flexibility index (Phi) is 3.65. The van der Waals surface area contributed by atoms with Crippen LogP contribution in [-0.2, 0) is 5.41 Å². The molecule has 1 aliphatic carbocycles. The summed E-state index contributed by atoms with van der Waals surface area (Å²) in [7, 11) is 0. The highest BCUT2D eigenvalue weighted by molar-refractivity contribution is 5.63. The third-order valence-corrected chi connectivity index (χ3v) is 5.69. The van der Waals surface area contributed by atoms with Gasteiger partial charge in [0.2, 0.25) is 0 Å². The first-order valence-electron chi connectivity index (χ1n) is 8.81. The van der Waals surface area contributed by atoms with Crippen molar-refractivity contribution < 1.29 is 0 Å². The van der Waals surface area contributed by atoms with Gasteiger partial charge in [-0.2, -0.15) is 0 Å². The van der Waals surface area contributed by atoms with Crippen LogP contribution in [0.1, 0.15) is 62.1 Å². The molecular weight excluding hydrogens is 266 g/mol. The second-order valence-corrected chi connectivity index (χ2v) is 6.96. The molecule has 114 valence electrons. The van der Waals surface area contributed by atoms with Crippen molar-refractivity contribution in [3.05, 3.63) is 65.7 Å². The van der Waals surface area contributed by atoms with Crippen LogP contribution in [0, 0.1) is 0 Å². The van der Waals surface area contributed by atoms with E-state index in [9.17, 15) is 0 Å². The fourth-order valence-electron chi connectivity index (χ4n) is 4.63. The van der Waals surface area contributed by atoms with Gasteiger partial charge in [-0.1, -0.05) is 80.6 Å². The Bertz CT molecular complexity index is 623. The molecule has 1 N–H and O–H groups in total. The maximum Gasteiger partial charge on any atom is 0.0611 e. The summed E-state index contributed by atoms with van der Waals surface area (Å²) >= 11 is 0. The van der Waals surface area contributed by atoms with Gasteiger partial charge < -0.3 is 5.32 Å². The SMILES string of the molecule is c1ccc(C2Nc3ccccc3C23CCCCCCC3)cc1. The van der Waals surface area contributed by atoms with Gasteiger partial charge in [-0.25, -0.2) is 0 Å². The quantitative estimate of drug-likeness (QED) is 0.696. The molecule has 0 aromatic heterocycles. The van der Waals surface area contributed by atoms with Gasteiger partial charge in [0, 0.05) is 11.1 Å². The van der Waals surface area contributed by atoms with E-state index >= 15 is 0 Å². The molecule has 1 saturated carbocycles. The van der Waals surface area contributed by atoms with Crippen LogP contribution in [0.15, 0.2) is 54.6 Å². The Hall–Kier alpha value is -1.76. The minimum absolute atomic E-state index is 0.290. The maximum atomic E-state index is 3.86. The third kappa shape index (κ3) is 2.24. The van der Waals surface area contributed by atoms with E-state index in [-0.39, 0.29) is 0 Å². The Morgan fingerprint density at radius 1 is 0.727 bits per heavy atom. The average Bonchev–Trinajstić information content (AvgIpc) is 2.87. The van der Waals surface area contributed by atoms with Crippen molar-refractivity contribution >= 4 is 5.69 Å². The molecule has 0 bridgehead atoms. The molecule has 1 heteroatoms. The van der Waals surface area contributed by atoms with Crippen LogP contribution in [0.3, 0.4) is 0 Å². The molecule has 2 aromatic carbocycles. The first-order chi connectivity index (χ1) is 10.9. The van der Waals surface area contributed by atoms with Gasteiger partial charge in [-0.05, 0) is 30.0 Å². The Morgan fingerprint density at radius 3 is 2.14 bits per heavy atom. The Morgan fingerprint density at radius 2 is 1.36 bits per heavy atom. The summed E-state index contributed by atoms with van der Waals surface area (Å²) < 4.78 is 0. The third-order valence-electron chi connectivity index (χ3n) is 5.69. The standard InChI is InChI=1S/C21H25N/c1-2-9-15-21(16-10-3-1)18-13-7-8-14-19(18)22-20(21)17-11-5-4-6-12-17/h4-8,11-14,20,22H,1-3,9-10,15-16H2. The van der Waals surface area contributed by atoms with Gasteiger partial charge in [0.05, 0.1) is 6.04 Å². The van der Waals surface area contributed by atoms with Crippen LogP contribution in [-0.4, -0.2) is 0 Å². The normalized spacial score (nSPS) is 23.4. The number of para-hydroxylation sites is 1. The van der Waals surface area contributed by atoms with Gasteiger partial charge in [0.25, 0.3) is 0 Å². The van der Waals surface area contributed by atoms with Crippen LogP contribution in [0.5, 0.6) is 0 Å². The zero-order valence-corrected chi connectivity index (χ0v) is 13.2. The summed E-state index contributed by atoms with van der Waals surface area (Å²) in [4.78, 5) is 0. The van der Waals surface area contributed by atoms with Crippen molar-refractivity contribution in [2.24, 2.45) is 0 Å². The monoisotopic (exact) mass is 291 g/mol. The van der Waals surface area contributed by atoms with E-state index in [1.165, 1.54) is 56.2 Å². The summed E-state index contributed by atoms with van der Waals surface area (Å²) in [6.07, 6.45) is 9.56. The summed E-state index contributed by atoms with van der Waals surface area (Å²) in [5.74, 6) is 0. The van der Waals surface area contributed by atoms with Gasteiger partial charge in [0.1, 0.15) is 0 Å². The molecule has 1 aliphatic heterocycles. The summed E-state index contributed by atoms with van der Waals surface area (Å²) in [6, 6.07) is 20.5. The largest absolute Gasteiger partial charge is 0.377 e. The highest BCUT2D eigenvalue weighted by Crippen LogP contribution is 2.54. The van der Waals surface area contributed by atoms with E-state index in [2.05, 4.69) is 59.9 Å². The minimum atomic E-state index is 0.290. The fourth-order valence-corrected chi connectivity index (χ4v) is 4.63. The lowest BCUT2D eigenvalue weighted by Gasteiger charge is -2.38. The van der Waals surface area contributed by atoms with Gasteiger partial charge in [0.15, 0.2) is 0 Å². The van der Waals surface area contributed by atoms with Crippen LogP contribution in [0.4, 0.5) is 5.69 Å². The van der Waals surface area contributed by atoms with Gasteiger partial charge >= 0.3 is 0 Å². The molecule has 1 heterocycles. The number of fused-ring (bicyclic) bond motifs is 2. The van der Waals surface area contributed by atoms with Crippen molar-refractivity contribution in [1.29, 1.82) is 0 Å². The van der Waals surface area contributed by atoms with Crippen molar-refractivity contribution in [3.63, 3.8) is 0 Å². The molecule has 0 radical (unpaired) electrons. The molecule has 1 atom stereocenters. The van der Waals surface area contributed by atoms with E-state index in [1.54, 1.807) is 5.56 Å². The molecule has 4 rings (SSSR count). The number of hydrogen-bond acceptors (Lipinski definition) is 1. The maximum absolute atomic E-state index is 3.86. The van der Waals surface area contributed by atoms with E-state index in [0.29, 0.717) is 11.5 Å². The molecule has 0 amide bonds. The smallest absolute Gasteiger partial charge is 0.0611 e. The minimum Gasteiger partial charge on any atom is -0.377 e. The predicted octanol–water partition coefficient (Wildman–Crippen LogP) is 5.84. The molecule has 22 heavy (non-hydrogen) atoms. The number of benzene rings is 2. The highest BCUT2D eigenvalue weighted by atomic mass is 15.0. The molecular formula is C21H25N. The number of nitrogens with one attached hydrogen (secondary N) is 1. The first kappa shape index (κ1) is 13.9. The van der Waals surface area contributed by atoms with E-state index < -0.39 is 0 Å². The molecule has 2 aromatic rings. The Labute approximate surface area is 133 Å². The predicted molar refractivity (Wildman–Crippen MR) is 93.2 cm³/mol. The summed E-state index contributed by atoms with van der Waals surface area (Å²) in [5.41, 5.74) is 4.65. The Balaban J connectivity index is 1.81. The second kappa shape index (κ2) is 5.79. The lowest BCUT2D eigenvalue weighted by atomic mass is 9.67. The molecule has 1 spiro atoms. The zero-order chi connectivity index (χ0) is 14.8. The number of rotatable bonds is 1. The molecule has 1 unspecified atom stereocenters. The summed E-state index contributed by atoms with van der Waals surface area (Å²) in [5, 5.41) is 3.86. The fraction of sp³-hybridized carbons (Fsp3) is 0.429. The summed E-state index contributed by atoms with van der Waals surface area (Å²) in [6.45, 7) is 0. The van der Waals surface area contributed by atoms with Crippen LogP contribution >= 0.6 is 0 Å². The topological polar surface area (TPSA) is 12.0 Å². The van der Waals surface area contributed by atoms with Crippen LogP contribution in [0.25, 0.3) is 0 Å². The number of hydrogen-bond donors (Lipinski definition) is 1. The lowest BCUT2D eigenvalue weighted by Crippen LogP contribution is -2.33. The van der Waals surface area contributed by atoms with E-state index in [0.717, 1.165) is 0 Å². The highest BCUT2D eigenvalue weighted by Gasteiger charge is 2.46. The molecule has 1 nitrogen and oxygen atoms in total. The molecule has 0 saturated heterocycles. The molecule has 1 fully saturated rings. The van der Waals surface area contributed by atoms with Crippen molar-refractivity contribution in [2.45, 2.75) is 56.4 Å². The van der Waals surface area contributed by atoms with Crippen molar-refractivity contribution in [3.8, 4) is 0 Å². The number of anilines is 1. The van der Waals surface area contributed by atoms with Gasteiger partial charge in [-0.3, -0.25) is 0 Å². The van der Waals surface area contributed by atoms with Gasteiger partial charge in [-0.15, -0.1) is 0 Å². The average molecular weight is 291 g/mol. The molecule has 2 aliphatic rings. The van der Waals surface area contributed by atoms with E-state index in [4.69, 9.17) is 0 Å². The van der Waals surface area contributed by atoms with Crippen molar-refractivity contribution in [2.75, 3.05) is 5.32 Å². The zero-order valence-electron chi connectivity index (χ0n) is 13.2. The van der Waals surface area contributed by atoms with Crippen LogP contribution < -0.4 is 5.32 Å². The second-order valence-electron chi connectivity index (χ2n) is 6.96. The first-order valence-corrected chi connectivity index (χ1v) is 8.81. The van der Waals surface area contributed by atoms with Crippen LogP contribution in [0.2, 0.25) is 0 Å². The van der Waals surface area contributed by atoms with E-state index in [1.807, 2.05) is 0 Å². The lowest BCUT2D eigenvalue weighted by molar-refractivity contribution is 0.290.